The van der Waals surface area contributed by atoms with Crippen molar-refractivity contribution in [2.45, 2.75) is 26.5 Å². The van der Waals surface area contributed by atoms with Crippen molar-refractivity contribution >= 4 is 6.72 Å². The highest BCUT2D eigenvalue weighted by atomic mass is 16.6. The standard InChI is InChI=1S/C12H19N2O2.CH3N/c1-4-14-7-5-11(6-8-14)15-9-12(16-13)10(2)3;1-2/h5-8,12H,2,4,9,13H2,1,3H3;2H,1H2/q+1;. The lowest BCUT2D eigenvalue weighted by molar-refractivity contribution is -0.693. The monoisotopic (exact) mass is 252 g/mol. The third-order valence-electron chi connectivity index (χ3n) is 2.34. The van der Waals surface area contributed by atoms with Gasteiger partial charge in [0.25, 0.3) is 0 Å². The Hall–Kier alpha value is -1.72. The van der Waals surface area contributed by atoms with Crippen LogP contribution in [0.1, 0.15) is 13.8 Å². The number of aromatic nitrogens is 1. The minimum atomic E-state index is -0.265. The van der Waals surface area contributed by atoms with Gasteiger partial charge in [-0.3, -0.25) is 4.84 Å². The van der Waals surface area contributed by atoms with Gasteiger partial charge >= 0.3 is 0 Å². The number of nitrogens with one attached hydrogen (secondary N) is 1. The molecule has 0 aliphatic carbocycles. The number of aryl methyl sites for hydroxylation is 1. The van der Waals surface area contributed by atoms with E-state index in [0.717, 1.165) is 17.9 Å². The molecular formula is C13H22N3O2+. The molecule has 0 spiro atoms. The maximum Gasteiger partial charge on any atom is 0.172 e. The average molecular weight is 252 g/mol. The van der Waals surface area contributed by atoms with Gasteiger partial charge in [-0.15, -0.1) is 0 Å². The van der Waals surface area contributed by atoms with Gasteiger partial charge in [0, 0.05) is 12.1 Å². The van der Waals surface area contributed by atoms with Crippen molar-refractivity contribution in [1.29, 1.82) is 5.41 Å². The van der Waals surface area contributed by atoms with E-state index in [0.29, 0.717) is 6.61 Å². The molecule has 0 saturated heterocycles. The molecule has 1 aromatic heterocycles. The van der Waals surface area contributed by atoms with Crippen LogP contribution in [-0.2, 0) is 11.4 Å². The minimum absolute atomic E-state index is 0.265. The van der Waals surface area contributed by atoms with Crippen molar-refractivity contribution < 1.29 is 14.1 Å². The van der Waals surface area contributed by atoms with Crippen LogP contribution >= 0.6 is 0 Å². The third kappa shape index (κ3) is 5.56. The Bertz CT molecular complexity index is 352. The van der Waals surface area contributed by atoms with Crippen LogP contribution in [0.25, 0.3) is 0 Å². The predicted octanol–water partition coefficient (Wildman–Crippen LogP) is 1.47. The first-order valence-electron chi connectivity index (χ1n) is 5.65. The number of rotatable bonds is 6. The SMILES string of the molecule is C=C(C)C(COc1cc[n+](CC)cc1)ON.C=N. The fourth-order valence-corrected chi connectivity index (χ4v) is 1.22. The molecule has 0 aromatic carbocycles. The van der Waals surface area contributed by atoms with Crippen LogP contribution in [-0.4, -0.2) is 19.4 Å². The second-order valence-corrected chi connectivity index (χ2v) is 3.65. The summed E-state index contributed by atoms with van der Waals surface area (Å²) in [5.74, 6) is 5.94. The van der Waals surface area contributed by atoms with E-state index in [2.05, 4.69) is 24.8 Å². The molecule has 100 valence electrons. The largest absolute Gasteiger partial charge is 0.490 e. The van der Waals surface area contributed by atoms with E-state index in [1.54, 1.807) is 0 Å². The van der Waals surface area contributed by atoms with Crippen LogP contribution in [0.2, 0.25) is 0 Å². The van der Waals surface area contributed by atoms with E-state index in [1.165, 1.54) is 0 Å². The summed E-state index contributed by atoms with van der Waals surface area (Å²) in [6.45, 7) is 11.5. The molecule has 1 aromatic rings. The second-order valence-electron chi connectivity index (χ2n) is 3.65. The molecule has 0 radical (unpaired) electrons. The van der Waals surface area contributed by atoms with Gasteiger partial charge in [0.05, 0.1) is 0 Å². The molecule has 5 heteroatoms. The number of hydrogen-bond donors (Lipinski definition) is 2. The highest BCUT2D eigenvalue weighted by molar-refractivity contribution is 5.16. The third-order valence-corrected chi connectivity index (χ3v) is 2.34. The van der Waals surface area contributed by atoms with E-state index in [-0.39, 0.29) is 6.10 Å². The number of hydrogen-bond acceptors (Lipinski definition) is 4. The van der Waals surface area contributed by atoms with Gasteiger partial charge in [0.1, 0.15) is 25.0 Å². The van der Waals surface area contributed by atoms with Crippen LogP contribution in [0, 0.1) is 5.41 Å². The fraction of sp³-hybridized carbons (Fsp3) is 0.385. The topological polar surface area (TPSA) is 72.2 Å². The van der Waals surface area contributed by atoms with E-state index in [9.17, 15) is 0 Å². The molecule has 0 aliphatic rings. The molecular weight excluding hydrogens is 230 g/mol. The molecule has 1 unspecified atom stereocenters. The molecule has 18 heavy (non-hydrogen) atoms. The summed E-state index contributed by atoms with van der Waals surface area (Å²) in [6.07, 6.45) is 3.67. The number of pyridine rings is 1. The molecule has 0 saturated carbocycles. The zero-order chi connectivity index (χ0) is 14.0. The van der Waals surface area contributed by atoms with E-state index in [4.69, 9.17) is 20.9 Å². The Kier molecular flexibility index (Phi) is 8.43. The molecule has 0 aliphatic heterocycles. The summed E-state index contributed by atoms with van der Waals surface area (Å²) < 4.78 is 7.60. The Labute approximate surface area is 108 Å². The first-order valence-corrected chi connectivity index (χ1v) is 5.65. The smallest absolute Gasteiger partial charge is 0.172 e. The van der Waals surface area contributed by atoms with E-state index in [1.807, 2.05) is 31.5 Å². The normalized spacial score (nSPS) is 11.1. The number of nitrogens with two attached hydrogens (primary N) is 1. The number of nitrogens with zero attached hydrogens (tertiary/aromatic N) is 1. The van der Waals surface area contributed by atoms with Crippen LogP contribution in [0.3, 0.4) is 0 Å². The molecule has 0 bridgehead atoms. The first-order chi connectivity index (χ1) is 8.67. The predicted molar refractivity (Wildman–Crippen MR) is 71.5 cm³/mol. The van der Waals surface area contributed by atoms with Crippen molar-refractivity contribution in [3.63, 3.8) is 0 Å². The lowest BCUT2D eigenvalue weighted by Gasteiger charge is -2.14. The van der Waals surface area contributed by atoms with Gasteiger partial charge in [0.2, 0.25) is 0 Å². The van der Waals surface area contributed by atoms with Crippen molar-refractivity contribution in [3.05, 3.63) is 36.7 Å². The highest BCUT2D eigenvalue weighted by Crippen LogP contribution is 2.09. The van der Waals surface area contributed by atoms with Gasteiger partial charge in [-0.1, -0.05) is 6.58 Å². The Balaban J connectivity index is 0.00000137. The van der Waals surface area contributed by atoms with E-state index >= 15 is 0 Å². The van der Waals surface area contributed by atoms with Crippen molar-refractivity contribution in [2.24, 2.45) is 5.90 Å². The summed E-state index contributed by atoms with van der Waals surface area (Å²) in [7, 11) is 0. The maximum atomic E-state index is 5.54. The maximum absolute atomic E-state index is 5.54. The van der Waals surface area contributed by atoms with Gasteiger partial charge < -0.3 is 10.1 Å². The lowest BCUT2D eigenvalue weighted by atomic mass is 10.2. The van der Waals surface area contributed by atoms with Crippen LogP contribution < -0.4 is 15.2 Å². The lowest BCUT2D eigenvalue weighted by Crippen LogP contribution is -2.31. The van der Waals surface area contributed by atoms with Gasteiger partial charge in [-0.25, -0.2) is 10.5 Å². The zero-order valence-electron chi connectivity index (χ0n) is 11.1. The van der Waals surface area contributed by atoms with Crippen LogP contribution in [0.4, 0.5) is 0 Å². The second kappa shape index (κ2) is 9.32. The van der Waals surface area contributed by atoms with Gasteiger partial charge in [-0.05, 0) is 26.1 Å². The molecule has 1 rings (SSSR count). The quantitative estimate of drug-likeness (QED) is 0.348. The van der Waals surface area contributed by atoms with Crippen LogP contribution in [0.5, 0.6) is 5.75 Å². The molecule has 5 nitrogen and oxygen atoms in total. The molecule has 1 heterocycles. The minimum Gasteiger partial charge on any atom is -0.490 e. The van der Waals surface area contributed by atoms with Crippen molar-refractivity contribution in [1.82, 2.24) is 0 Å². The summed E-state index contributed by atoms with van der Waals surface area (Å²) >= 11 is 0. The summed E-state index contributed by atoms with van der Waals surface area (Å²) in [5, 5.41) is 5.50. The molecule has 1 atom stereocenters. The summed E-state index contributed by atoms with van der Waals surface area (Å²) in [6, 6.07) is 3.82. The van der Waals surface area contributed by atoms with Gasteiger partial charge in [-0.2, -0.15) is 0 Å². The molecule has 0 amide bonds. The Morgan fingerprint density at radius 2 is 2.00 bits per heavy atom. The number of ether oxygens (including phenoxy) is 1. The van der Waals surface area contributed by atoms with Gasteiger partial charge in [0.15, 0.2) is 12.4 Å². The fourth-order valence-electron chi connectivity index (χ4n) is 1.22. The first kappa shape index (κ1) is 16.3. The average Bonchev–Trinajstić information content (AvgIpc) is 2.42. The Morgan fingerprint density at radius 3 is 2.39 bits per heavy atom. The van der Waals surface area contributed by atoms with Crippen molar-refractivity contribution in [2.75, 3.05) is 6.61 Å². The van der Waals surface area contributed by atoms with E-state index < -0.39 is 0 Å². The highest BCUT2D eigenvalue weighted by Gasteiger charge is 2.10. The van der Waals surface area contributed by atoms with Crippen molar-refractivity contribution in [3.8, 4) is 5.75 Å². The van der Waals surface area contributed by atoms with Crippen LogP contribution in [0.15, 0.2) is 36.7 Å². The summed E-state index contributed by atoms with van der Waals surface area (Å²) in [5.41, 5.74) is 0.849. The summed E-state index contributed by atoms with van der Waals surface area (Å²) in [4.78, 5) is 4.75. The molecule has 3 N–H and O–H groups in total. The zero-order valence-corrected chi connectivity index (χ0v) is 11.1. The Morgan fingerprint density at radius 1 is 1.44 bits per heavy atom. The molecule has 0 fully saturated rings.